The number of methoxy groups -OCH3 is 1. The fourth-order valence-corrected chi connectivity index (χ4v) is 3.59. The molecule has 28 heavy (non-hydrogen) atoms. The van der Waals surface area contributed by atoms with Crippen LogP contribution in [0.2, 0.25) is 0 Å². The number of phenolic OH excluding ortho intramolecular Hbond substituents is 1. The van der Waals surface area contributed by atoms with Crippen LogP contribution in [0.3, 0.4) is 0 Å². The third kappa shape index (κ3) is 2.96. The van der Waals surface area contributed by atoms with Crippen molar-refractivity contribution in [3.05, 3.63) is 71.5 Å². The van der Waals surface area contributed by atoms with Crippen molar-refractivity contribution in [1.82, 2.24) is 4.57 Å². The zero-order chi connectivity index (χ0) is 19.8. The number of rotatable bonds is 4. The van der Waals surface area contributed by atoms with Crippen molar-refractivity contribution >= 4 is 17.6 Å². The van der Waals surface area contributed by atoms with Crippen LogP contribution >= 0.6 is 0 Å². The highest BCUT2D eigenvalue weighted by atomic mass is 16.5. The Hall–Kier alpha value is -3.74. The van der Waals surface area contributed by atoms with E-state index in [1.807, 2.05) is 12.1 Å². The molecule has 0 spiro atoms. The van der Waals surface area contributed by atoms with Crippen molar-refractivity contribution in [1.29, 1.82) is 0 Å². The quantitative estimate of drug-likeness (QED) is 0.646. The van der Waals surface area contributed by atoms with Gasteiger partial charge in [-0.25, -0.2) is 4.79 Å². The van der Waals surface area contributed by atoms with Gasteiger partial charge in [0.05, 0.1) is 18.5 Å². The van der Waals surface area contributed by atoms with Crippen LogP contribution in [-0.2, 0) is 4.79 Å². The van der Waals surface area contributed by atoms with Crippen LogP contribution < -0.4 is 10.1 Å². The number of benzene rings is 2. The van der Waals surface area contributed by atoms with Crippen LogP contribution in [0.4, 0.5) is 5.69 Å². The molecule has 0 saturated carbocycles. The molecular formula is C21H18N2O5. The van der Waals surface area contributed by atoms with Gasteiger partial charge in [-0.2, -0.15) is 0 Å². The lowest BCUT2D eigenvalue weighted by Crippen LogP contribution is -2.25. The predicted molar refractivity (Wildman–Crippen MR) is 102 cm³/mol. The fourth-order valence-electron chi connectivity index (χ4n) is 3.59. The van der Waals surface area contributed by atoms with E-state index in [-0.39, 0.29) is 29.6 Å². The molecule has 1 amide bonds. The maximum Gasteiger partial charge on any atom is 0.339 e. The number of aromatic carboxylic acids is 1. The van der Waals surface area contributed by atoms with Crippen molar-refractivity contribution in [3.8, 4) is 17.2 Å². The fraction of sp³-hybridized carbons (Fsp3) is 0.143. The minimum atomic E-state index is -1.12. The van der Waals surface area contributed by atoms with Crippen LogP contribution in [0.25, 0.3) is 5.69 Å². The van der Waals surface area contributed by atoms with Crippen molar-refractivity contribution in [2.24, 2.45) is 0 Å². The van der Waals surface area contributed by atoms with E-state index in [9.17, 15) is 19.8 Å². The van der Waals surface area contributed by atoms with E-state index in [4.69, 9.17) is 4.74 Å². The van der Waals surface area contributed by atoms with Gasteiger partial charge >= 0.3 is 5.97 Å². The van der Waals surface area contributed by atoms with E-state index in [0.717, 1.165) is 11.3 Å². The number of ether oxygens (including phenoxy) is 1. The van der Waals surface area contributed by atoms with Gasteiger partial charge in [0, 0.05) is 30.3 Å². The maximum atomic E-state index is 12.3. The summed E-state index contributed by atoms with van der Waals surface area (Å²) in [5, 5.41) is 22.0. The summed E-state index contributed by atoms with van der Waals surface area (Å²) in [6.07, 6.45) is 1.69. The van der Waals surface area contributed by atoms with Crippen molar-refractivity contribution in [3.63, 3.8) is 0 Å². The summed E-state index contributed by atoms with van der Waals surface area (Å²) in [5.41, 5.74) is 2.53. The Morgan fingerprint density at radius 1 is 1.21 bits per heavy atom. The highest BCUT2D eigenvalue weighted by Gasteiger charge is 2.34. The molecule has 2 aromatic carbocycles. The van der Waals surface area contributed by atoms with Crippen LogP contribution in [0.15, 0.2) is 54.7 Å². The first-order valence-corrected chi connectivity index (χ1v) is 8.69. The highest BCUT2D eigenvalue weighted by Crippen LogP contribution is 2.42. The number of amides is 1. The number of aromatic nitrogens is 1. The van der Waals surface area contributed by atoms with Gasteiger partial charge in [-0.15, -0.1) is 0 Å². The summed E-state index contributed by atoms with van der Waals surface area (Å²) in [7, 11) is 1.56. The molecule has 1 unspecified atom stereocenters. The maximum absolute atomic E-state index is 12.3. The van der Waals surface area contributed by atoms with E-state index in [0.29, 0.717) is 17.1 Å². The number of carboxylic acid groups (broad SMARTS) is 1. The molecular weight excluding hydrogens is 360 g/mol. The molecule has 0 radical (unpaired) electrons. The summed E-state index contributed by atoms with van der Waals surface area (Å²) in [6.45, 7) is 0. The van der Waals surface area contributed by atoms with Gasteiger partial charge in [-0.05, 0) is 29.8 Å². The molecule has 1 aliphatic heterocycles. The zero-order valence-electron chi connectivity index (χ0n) is 15.0. The number of hydrogen-bond acceptors (Lipinski definition) is 4. The first kappa shape index (κ1) is 17.7. The third-order valence-electron chi connectivity index (χ3n) is 4.88. The van der Waals surface area contributed by atoms with E-state index >= 15 is 0 Å². The SMILES string of the molecule is COc1cccc(-n2cc(C(=O)O)c3c2C(c2ccc(O)cc2)CC(=O)N3)c1. The molecule has 0 saturated heterocycles. The second kappa shape index (κ2) is 6.77. The smallest absolute Gasteiger partial charge is 0.339 e. The minimum absolute atomic E-state index is 0.0228. The standard InChI is InChI=1S/C21H18N2O5/c1-28-15-4-2-3-13(9-15)23-11-17(21(26)27)19-20(23)16(10-18(25)22-19)12-5-7-14(24)8-6-12/h2-9,11,16,24H,10H2,1H3,(H,22,25)(H,26,27). The summed E-state index contributed by atoms with van der Waals surface area (Å²) >= 11 is 0. The Labute approximate surface area is 160 Å². The van der Waals surface area contributed by atoms with E-state index in [2.05, 4.69) is 5.32 Å². The van der Waals surface area contributed by atoms with Crippen LogP contribution in [0, 0.1) is 0 Å². The van der Waals surface area contributed by atoms with Crippen LogP contribution in [0.1, 0.15) is 34.0 Å². The zero-order valence-corrected chi connectivity index (χ0v) is 15.0. The summed E-state index contributed by atoms with van der Waals surface area (Å²) in [6, 6.07) is 13.9. The molecule has 3 aromatic rings. The van der Waals surface area contributed by atoms with Gasteiger partial charge in [0.2, 0.25) is 5.91 Å². The molecule has 4 rings (SSSR count). The number of aromatic hydroxyl groups is 1. The number of fused-ring (bicyclic) bond motifs is 1. The Morgan fingerprint density at radius 3 is 2.64 bits per heavy atom. The number of carboxylic acids is 1. The number of anilines is 1. The van der Waals surface area contributed by atoms with Gasteiger partial charge in [-0.3, -0.25) is 4.79 Å². The Balaban J connectivity index is 1.96. The van der Waals surface area contributed by atoms with Crippen molar-refractivity contribution in [2.45, 2.75) is 12.3 Å². The molecule has 7 nitrogen and oxygen atoms in total. The number of hydrogen-bond donors (Lipinski definition) is 3. The van der Waals surface area contributed by atoms with Gasteiger partial charge in [-0.1, -0.05) is 18.2 Å². The van der Waals surface area contributed by atoms with Gasteiger partial charge < -0.3 is 24.8 Å². The monoisotopic (exact) mass is 378 g/mol. The molecule has 1 aromatic heterocycles. The molecule has 7 heteroatoms. The molecule has 1 aliphatic rings. The number of nitrogens with zero attached hydrogens (tertiary/aromatic N) is 1. The third-order valence-corrected chi connectivity index (χ3v) is 4.88. The average Bonchev–Trinajstić information content (AvgIpc) is 3.07. The first-order valence-electron chi connectivity index (χ1n) is 8.69. The molecule has 0 aliphatic carbocycles. The Kier molecular flexibility index (Phi) is 4.27. The van der Waals surface area contributed by atoms with Crippen molar-refractivity contribution < 1.29 is 24.5 Å². The van der Waals surface area contributed by atoms with Gasteiger partial charge in [0.15, 0.2) is 0 Å². The molecule has 142 valence electrons. The topological polar surface area (TPSA) is 101 Å². The summed E-state index contributed by atoms with van der Waals surface area (Å²) in [5.74, 6) is -0.971. The van der Waals surface area contributed by atoms with Crippen molar-refractivity contribution in [2.75, 3.05) is 12.4 Å². The van der Waals surface area contributed by atoms with Gasteiger partial charge in [0.25, 0.3) is 0 Å². The Bertz CT molecular complexity index is 1070. The normalized spacial score (nSPS) is 15.6. The minimum Gasteiger partial charge on any atom is -0.508 e. The number of nitrogens with one attached hydrogen (secondary N) is 1. The average molecular weight is 378 g/mol. The number of carbonyl (C=O) groups excluding carboxylic acids is 1. The summed E-state index contributed by atoms with van der Waals surface area (Å²) in [4.78, 5) is 24.1. The molecule has 2 heterocycles. The lowest BCUT2D eigenvalue weighted by atomic mass is 9.88. The molecule has 0 fully saturated rings. The lowest BCUT2D eigenvalue weighted by Gasteiger charge is -2.26. The van der Waals surface area contributed by atoms with E-state index in [1.54, 1.807) is 48.1 Å². The van der Waals surface area contributed by atoms with Crippen LogP contribution in [-0.4, -0.2) is 33.8 Å². The summed E-state index contributed by atoms with van der Waals surface area (Å²) < 4.78 is 7.07. The highest BCUT2D eigenvalue weighted by molar-refractivity contribution is 6.04. The van der Waals surface area contributed by atoms with Crippen LogP contribution in [0.5, 0.6) is 11.5 Å². The Morgan fingerprint density at radius 2 is 1.96 bits per heavy atom. The second-order valence-electron chi connectivity index (χ2n) is 6.58. The largest absolute Gasteiger partial charge is 0.508 e. The first-order chi connectivity index (χ1) is 13.5. The van der Waals surface area contributed by atoms with E-state index in [1.165, 1.54) is 6.20 Å². The molecule has 0 bridgehead atoms. The van der Waals surface area contributed by atoms with E-state index < -0.39 is 5.97 Å². The van der Waals surface area contributed by atoms with Gasteiger partial charge in [0.1, 0.15) is 17.1 Å². The molecule has 3 N–H and O–H groups in total. The number of phenols is 1. The predicted octanol–water partition coefficient (Wildman–Crippen LogP) is 3.36. The number of carbonyl (C=O) groups is 2. The second-order valence-corrected chi connectivity index (χ2v) is 6.58. The lowest BCUT2D eigenvalue weighted by molar-refractivity contribution is -0.116. The molecule has 1 atom stereocenters.